The van der Waals surface area contributed by atoms with Crippen LogP contribution in [0.4, 0.5) is 5.69 Å². The Kier molecular flexibility index (Phi) is 6.36. The second kappa shape index (κ2) is 8.39. The molecule has 0 amide bonds. The van der Waals surface area contributed by atoms with Crippen LogP contribution in [0, 0.1) is 6.92 Å². The fraction of sp³-hybridized carbons (Fsp3) is 0.400. The Balaban J connectivity index is 1.96. The van der Waals surface area contributed by atoms with Crippen LogP contribution < -0.4 is 4.90 Å². The normalized spacial score (nSPS) is 18.4. The predicted octanol–water partition coefficient (Wildman–Crippen LogP) is 4.73. The number of nitrogens with zero attached hydrogens (tertiary/aromatic N) is 2. The van der Waals surface area contributed by atoms with Gasteiger partial charge < -0.3 is 4.90 Å². The molecule has 2 aromatic carbocycles. The maximum Gasteiger partial charge on any atom is 0.211 e. The number of anilines is 1. The van der Waals surface area contributed by atoms with Crippen molar-refractivity contribution < 1.29 is 8.42 Å². The van der Waals surface area contributed by atoms with Crippen molar-refractivity contribution in [2.24, 2.45) is 0 Å². The van der Waals surface area contributed by atoms with Gasteiger partial charge in [0.2, 0.25) is 10.0 Å². The van der Waals surface area contributed by atoms with Gasteiger partial charge in [0.15, 0.2) is 0 Å². The molecule has 146 valence electrons. The molecular weight excluding hydrogens is 403 g/mol. The third-order valence-corrected chi connectivity index (χ3v) is 7.11. The van der Waals surface area contributed by atoms with Crippen LogP contribution in [0.15, 0.2) is 42.5 Å². The average Bonchev–Trinajstić information content (AvgIpc) is 2.63. The summed E-state index contributed by atoms with van der Waals surface area (Å²) in [6.45, 7) is 3.83. The third-order valence-electron chi connectivity index (χ3n) is 5.11. The predicted molar refractivity (Wildman–Crippen MR) is 113 cm³/mol. The van der Waals surface area contributed by atoms with Gasteiger partial charge in [0.05, 0.1) is 16.3 Å². The maximum atomic E-state index is 12.1. The number of hydrogen-bond acceptors (Lipinski definition) is 3. The summed E-state index contributed by atoms with van der Waals surface area (Å²) in [5.74, 6) is 0. The second-order valence-corrected chi connectivity index (χ2v) is 9.87. The van der Waals surface area contributed by atoms with E-state index in [0.29, 0.717) is 29.7 Å². The molecule has 7 heteroatoms. The van der Waals surface area contributed by atoms with Crippen molar-refractivity contribution in [1.82, 2.24) is 4.31 Å². The van der Waals surface area contributed by atoms with Crippen LogP contribution in [0.5, 0.6) is 0 Å². The van der Waals surface area contributed by atoms with Gasteiger partial charge in [0.1, 0.15) is 0 Å². The molecule has 0 saturated carbocycles. The molecule has 0 bridgehead atoms. The molecule has 1 saturated heterocycles. The summed E-state index contributed by atoms with van der Waals surface area (Å²) in [5.41, 5.74) is 3.37. The number of halogens is 2. The van der Waals surface area contributed by atoms with E-state index in [2.05, 4.69) is 24.0 Å². The fourth-order valence-corrected chi connectivity index (χ4v) is 4.74. The molecule has 3 rings (SSSR count). The summed E-state index contributed by atoms with van der Waals surface area (Å²) in [6, 6.07) is 13.9. The highest BCUT2D eigenvalue weighted by Crippen LogP contribution is 2.32. The quantitative estimate of drug-likeness (QED) is 0.693. The molecule has 0 aliphatic carbocycles. The zero-order chi connectivity index (χ0) is 19.6. The minimum atomic E-state index is -3.21. The number of benzene rings is 2. The topological polar surface area (TPSA) is 40.6 Å². The number of rotatable bonds is 5. The SMILES string of the molecule is Cc1ccccc1CN(c1ccc(Cl)c(Cl)c1)C1CCCN(S(C)(=O)=O)C1. The lowest BCUT2D eigenvalue weighted by Gasteiger charge is -2.40. The van der Waals surface area contributed by atoms with Crippen molar-refractivity contribution in [3.8, 4) is 0 Å². The number of aryl methyl sites for hydroxylation is 1. The van der Waals surface area contributed by atoms with Gasteiger partial charge in [-0.1, -0.05) is 47.5 Å². The maximum absolute atomic E-state index is 12.1. The molecule has 1 fully saturated rings. The molecule has 1 aliphatic rings. The molecule has 1 unspecified atom stereocenters. The minimum Gasteiger partial charge on any atom is -0.363 e. The van der Waals surface area contributed by atoms with Gasteiger partial charge >= 0.3 is 0 Å². The van der Waals surface area contributed by atoms with Crippen LogP contribution in [0.25, 0.3) is 0 Å². The van der Waals surface area contributed by atoms with E-state index in [1.807, 2.05) is 24.3 Å². The molecule has 4 nitrogen and oxygen atoms in total. The van der Waals surface area contributed by atoms with Crippen molar-refractivity contribution >= 4 is 38.9 Å². The Morgan fingerprint density at radius 1 is 1.15 bits per heavy atom. The number of hydrogen-bond donors (Lipinski definition) is 0. The smallest absolute Gasteiger partial charge is 0.211 e. The van der Waals surface area contributed by atoms with Crippen molar-refractivity contribution in [3.63, 3.8) is 0 Å². The van der Waals surface area contributed by atoms with Crippen LogP contribution >= 0.6 is 23.2 Å². The molecule has 27 heavy (non-hydrogen) atoms. The Morgan fingerprint density at radius 2 is 1.89 bits per heavy atom. The van der Waals surface area contributed by atoms with E-state index in [1.54, 1.807) is 10.4 Å². The van der Waals surface area contributed by atoms with Crippen molar-refractivity contribution in [1.29, 1.82) is 0 Å². The number of piperidine rings is 1. The summed E-state index contributed by atoms with van der Waals surface area (Å²) in [4.78, 5) is 2.25. The molecule has 0 N–H and O–H groups in total. The van der Waals surface area contributed by atoms with E-state index in [-0.39, 0.29) is 6.04 Å². The van der Waals surface area contributed by atoms with Gasteiger partial charge in [0, 0.05) is 31.4 Å². The molecule has 0 radical (unpaired) electrons. The standard InChI is InChI=1S/C20H24Cl2N2O2S/c1-15-6-3-4-7-16(15)13-24(17-9-10-19(21)20(22)12-17)18-8-5-11-23(14-18)27(2,25)26/h3-4,6-7,9-10,12,18H,5,8,11,13-14H2,1-2H3. The Morgan fingerprint density at radius 3 is 2.56 bits per heavy atom. The average molecular weight is 427 g/mol. The van der Waals surface area contributed by atoms with Crippen LogP contribution in [0.1, 0.15) is 24.0 Å². The van der Waals surface area contributed by atoms with Gasteiger partial charge in [-0.25, -0.2) is 12.7 Å². The molecule has 1 atom stereocenters. The van der Waals surface area contributed by atoms with E-state index >= 15 is 0 Å². The second-order valence-electron chi connectivity index (χ2n) is 7.07. The van der Waals surface area contributed by atoms with Gasteiger partial charge in [-0.05, 0) is 49.1 Å². The first-order valence-corrected chi connectivity index (χ1v) is 11.6. The van der Waals surface area contributed by atoms with Crippen LogP contribution in [0.3, 0.4) is 0 Å². The monoisotopic (exact) mass is 426 g/mol. The molecule has 1 aliphatic heterocycles. The van der Waals surface area contributed by atoms with E-state index in [9.17, 15) is 8.42 Å². The van der Waals surface area contributed by atoms with Crippen molar-refractivity contribution in [2.75, 3.05) is 24.2 Å². The van der Waals surface area contributed by atoms with E-state index in [0.717, 1.165) is 18.5 Å². The summed E-state index contributed by atoms with van der Waals surface area (Å²) in [6.07, 6.45) is 3.04. The summed E-state index contributed by atoms with van der Waals surface area (Å²) in [7, 11) is -3.21. The van der Waals surface area contributed by atoms with E-state index < -0.39 is 10.0 Å². The Bertz CT molecular complexity index is 918. The fourth-order valence-electron chi connectivity index (χ4n) is 3.54. The summed E-state index contributed by atoms with van der Waals surface area (Å²) >= 11 is 12.4. The zero-order valence-corrected chi connectivity index (χ0v) is 17.9. The lowest BCUT2D eigenvalue weighted by Crippen LogP contribution is -2.49. The molecular formula is C20H24Cl2N2O2S. The van der Waals surface area contributed by atoms with Gasteiger partial charge in [-0.3, -0.25) is 0 Å². The highest BCUT2D eigenvalue weighted by Gasteiger charge is 2.30. The first-order valence-electron chi connectivity index (χ1n) is 8.97. The summed E-state index contributed by atoms with van der Waals surface area (Å²) in [5, 5.41) is 1.01. The zero-order valence-electron chi connectivity index (χ0n) is 15.5. The Labute approximate surface area is 171 Å². The van der Waals surface area contributed by atoms with Crippen LogP contribution in [0.2, 0.25) is 10.0 Å². The highest BCUT2D eigenvalue weighted by atomic mass is 35.5. The van der Waals surface area contributed by atoms with Crippen LogP contribution in [-0.2, 0) is 16.6 Å². The lowest BCUT2D eigenvalue weighted by molar-refractivity contribution is 0.306. The molecule has 1 heterocycles. The van der Waals surface area contributed by atoms with Crippen LogP contribution in [-0.4, -0.2) is 38.1 Å². The lowest BCUT2D eigenvalue weighted by atomic mass is 10.0. The van der Waals surface area contributed by atoms with Crippen molar-refractivity contribution in [3.05, 3.63) is 63.6 Å². The molecule has 0 spiro atoms. The largest absolute Gasteiger partial charge is 0.363 e. The highest BCUT2D eigenvalue weighted by molar-refractivity contribution is 7.88. The number of sulfonamides is 1. The third kappa shape index (κ3) is 4.96. The molecule has 0 aromatic heterocycles. The summed E-state index contributed by atoms with van der Waals surface area (Å²) < 4.78 is 25.7. The molecule has 2 aromatic rings. The van der Waals surface area contributed by atoms with E-state index in [4.69, 9.17) is 23.2 Å². The first kappa shape index (κ1) is 20.5. The van der Waals surface area contributed by atoms with Gasteiger partial charge in [-0.2, -0.15) is 0 Å². The van der Waals surface area contributed by atoms with Gasteiger partial charge in [-0.15, -0.1) is 0 Å². The van der Waals surface area contributed by atoms with Gasteiger partial charge in [0.25, 0.3) is 0 Å². The first-order chi connectivity index (χ1) is 12.8. The minimum absolute atomic E-state index is 0.0744. The Hall–Kier alpha value is -1.27. The van der Waals surface area contributed by atoms with Crippen molar-refractivity contribution in [2.45, 2.75) is 32.4 Å². The van der Waals surface area contributed by atoms with E-state index in [1.165, 1.54) is 17.4 Å².